The number of carbonyl (C=O) groups excluding carboxylic acids is 2. The van der Waals surface area contributed by atoms with Gasteiger partial charge in [-0.05, 0) is 6.07 Å². The first-order chi connectivity index (χ1) is 8.65. The molecular formula is C11H16N2O5. The Morgan fingerprint density at radius 1 is 1.44 bits per heavy atom. The van der Waals surface area contributed by atoms with Crippen LogP contribution in [-0.2, 0) is 14.3 Å². The zero-order valence-electron chi connectivity index (χ0n) is 10.0. The third-order valence-corrected chi connectivity index (χ3v) is 2.18. The van der Waals surface area contributed by atoms with Crippen molar-refractivity contribution in [2.45, 2.75) is 6.10 Å². The van der Waals surface area contributed by atoms with Crippen LogP contribution < -0.4 is 10.6 Å². The van der Waals surface area contributed by atoms with Crippen LogP contribution in [0, 0.1) is 0 Å². The van der Waals surface area contributed by atoms with Gasteiger partial charge < -0.3 is 24.9 Å². The molecule has 1 aromatic rings. The lowest BCUT2D eigenvalue weighted by Gasteiger charge is -2.09. The van der Waals surface area contributed by atoms with Crippen molar-refractivity contribution in [3.63, 3.8) is 0 Å². The van der Waals surface area contributed by atoms with Gasteiger partial charge in [0, 0.05) is 25.8 Å². The van der Waals surface area contributed by atoms with Crippen LogP contribution in [0.25, 0.3) is 0 Å². The summed E-state index contributed by atoms with van der Waals surface area (Å²) >= 11 is 0. The second-order valence-electron chi connectivity index (χ2n) is 3.53. The molecule has 0 unspecified atom stereocenters. The summed E-state index contributed by atoms with van der Waals surface area (Å²) in [6.45, 7) is 0.528. The van der Waals surface area contributed by atoms with Crippen molar-refractivity contribution in [1.82, 2.24) is 10.6 Å². The lowest BCUT2D eigenvalue weighted by atomic mass is 10.2. The standard InChI is InChI=1S/C11H16N2O5/c1-17-5-3-12-10(15)11(16)13-6-9(14)8-2-4-18-7-8/h2,4,7,9,14H,3,5-6H2,1H3,(H,12,15)(H,13,16)/t9-/m0/s1. The van der Waals surface area contributed by atoms with E-state index in [4.69, 9.17) is 9.15 Å². The van der Waals surface area contributed by atoms with Gasteiger partial charge in [-0.3, -0.25) is 9.59 Å². The summed E-state index contributed by atoms with van der Waals surface area (Å²) in [7, 11) is 1.49. The second-order valence-corrected chi connectivity index (χ2v) is 3.53. The van der Waals surface area contributed by atoms with Crippen molar-refractivity contribution in [3.8, 4) is 0 Å². The summed E-state index contributed by atoms with van der Waals surface area (Å²) in [6.07, 6.45) is 1.88. The highest BCUT2D eigenvalue weighted by atomic mass is 16.5. The van der Waals surface area contributed by atoms with Crippen LogP contribution in [0.3, 0.4) is 0 Å². The van der Waals surface area contributed by atoms with Crippen molar-refractivity contribution in [3.05, 3.63) is 24.2 Å². The van der Waals surface area contributed by atoms with Gasteiger partial charge in [0.1, 0.15) is 0 Å². The molecule has 0 saturated heterocycles. The van der Waals surface area contributed by atoms with Crippen molar-refractivity contribution in [1.29, 1.82) is 0 Å². The van der Waals surface area contributed by atoms with Crippen LogP contribution in [0.4, 0.5) is 0 Å². The number of aliphatic hydroxyl groups is 1. The SMILES string of the molecule is COCCNC(=O)C(=O)NC[C@H](O)c1ccoc1. The summed E-state index contributed by atoms with van der Waals surface area (Å²) in [5.41, 5.74) is 0.537. The topological polar surface area (TPSA) is 101 Å². The Labute approximate surface area is 104 Å². The molecule has 18 heavy (non-hydrogen) atoms. The molecule has 1 aromatic heterocycles. The van der Waals surface area contributed by atoms with Gasteiger partial charge >= 0.3 is 11.8 Å². The van der Waals surface area contributed by atoms with Gasteiger partial charge in [-0.25, -0.2) is 0 Å². The van der Waals surface area contributed by atoms with E-state index in [1.165, 1.54) is 19.6 Å². The van der Waals surface area contributed by atoms with E-state index in [2.05, 4.69) is 10.6 Å². The average molecular weight is 256 g/mol. The average Bonchev–Trinajstić information content (AvgIpc) is 2.89. The molecule has 7 heteroatoms. The minimum absolute atomic E-state index is 0.0595. The fraction of sp³-hybridized carbons (Fsp3) is 0.455. The molecule has 0 fully saturated rings. The van der Waals surface area contributed by atoms with E-state index in [1.807, 2.05) is 0 Å². The van der Waals surface area contributed by atoms with Crippen LogP contribution in [-0.4, -0.2) is 43.7 Å². The summed E-state index contributed by atoms with van der Waals surface area (Å²) in [6, 6.07) is 1.58. The molecule has 3 N–H and O–H groups in total. The predicted octanol–water partition coefficient (Wildman–Crippen LogP) is -0.808. The fourth-order valence-corrected chi connectivity index (χ4v) is 1.20. The highest BCUT2D eigenvalue weighted by molar-refractivity contribution is 6.35. The molecule has 0 bridgehead atoms. The van der Waals surface area contributed by atoms with Crippen molar-refractivity contribution in [2.24, 2.45) is 0 Å². The third-order valence-electron chi connectivity index (χ3n) is 2.18. The lowest BCUT2D eigenvalue weighted by Crippen LogP contribution is -2.42. The van der Waals surface area contributed by atoms with Crippen LogP contribution >= 0.6 is 0 Å². The molecule has 0 aromatic carbocycles. The zero-order valence-corrected chi connectivity index (χ0v) is 10.0. The summed E-state index contributed by atoms with van der Waals surface area (Å²) in [5, 5.41) is 14.3. The quantitative estimate of drug-likeness (QED) is 0.456. The van der Waals surface area contributed by atoms with Crippen LogP contribution in [0.5, 0.6) is 0 Å². The van der Waals surface area contributed by atoms with Gasteiger partial charge in [0.25, 0.3) is 0 Å². The van der Waals surface area contributed by atoms with E-state index in [9.17, 15) is 14.7 Å². The van der Waals surface area contributed by atoms with Crippen LogP contribution in [0.1, 0.15) is 11.7 Å². The van der Waals surface area contributed by atoms with Gasteiger partial charge in [0.15, 0.2) is 0 Å². The Balaban J connectivity index is 2.26. The number of carbonyl (C=O) groups is 2. The number of amides is 2. The molecular weight excluding hydrogens is 240 g/mol. The van der Waals surface area contributed by atoms with Gasteiger partial charge in [0.2, 0.25) is 0 Å². The maximum Gasteiger partial charge on any atom is 0.309 e. The number of aliphatic hydroxyl groups excluding tert-OH is 1. The molecule has 0 radical (unpaired) electrons. The number of nitrogens with one attached hydrogen (secondary N) is 2. The fourth-order valence-electron chi connectivity index (χ4n) is 1.20. The highest BCUT2D eigenvalue weighted by Gasteiger charge is 2.15. The van der Waals surface area contributed by atoms with Crippen LogP contribution in [0.15, 0.2) is 23.0 Å². The van der Waals surface area contributed by atoms with Gasteiger partial charge in [-0.2, -0.15) is 0 Å². The Kier molecular flexibility index (Phi) is 5.89. The smallest absolute Gasteiger partial charge is 0.309 e. The van der Waals surface area contributed by atoms with E-state index in [0.29, 0.717) is 12.2 Å². The Bertz CT molecular complexity index is 377. The molecule has 0 aliphatic rings. The van der Waals surface area contributed by atoms with Gasteiger partial charge in [-0.15, -0.1) is 0 Å². The molecule has 0 aliphatic carbocycles. The molecule has 2 amide bonds. The maximum atomic E-state index is 11.3. The number of hydrogen-bond acceptors (Lipinski definition) is 5. The number of rotatable bonds is 6. The number of furan rings is 1. The van der Waals surface area contributed by atoms with Gasteiger partial charge in [0.05, 0.1) is 25.2 Å². The minimum Gasteiger partial charge on any atom is -0.472 e. The van der Waals surface area contributed by atoms with Crippen LogP contribution in [0.2, 0.25) is 0 Å². The lowest BCUT2D eigenvalue weighted by molar-refractivity contribution is -0.139. The molecule has 0 aliphatic heterocycles. The van der Waals surface area contributed by atoms with Crippen molar-refractivity contribution >= 4 is 11.8 Å². The summed E-state index contributed by atoms with van der Waals surface area (Å²) in [5.74, 6) is -1.56. The van der Waals surface area contributed by atoms with E-state index < -0.39 is 17.9 Å². The maximum absolute atomic E-state index is 11.3. The first-order valence-electron chi connectivity index (χ1n) is 5.40. The number of hydrogen-bond donors (Lipinski definition) is 3. The molecule has 0 spiro atoms. The van der Waals surface area contributed by atoms with Crippen molar-refractivity contribution in [2.75, 3.05) is 26.8 Å². The number of ether oxygens (including phenoxy) is 1. The Hall–Kier alpha value is -1.86. The van der Waals surface area contributed by atoms with Crippen molar-refractivity contribution < 1.29 is 23.8 Å². The van der Waals surface area contributed by atoms with E-state index >= 15 is 0 Å². The Morgan fingerprint density at radius 3 is 2.78 bits per heavy atom. The largest absolute Gasteiger partial charge is 0.472 e. The van der Waals surface area contributed by atoms with E-state index in [-0.39, 0.29) is 13.1 Å². The molecule has 1 atom stereocenters. The summed E-state index contributed by atoms with van der Waals surface area (Å²) < 4.78 is 9.51. The van der Waals surface area contributed by atoms with Gasteiger partial charge in [-0.1, -0.05) is 0 Å². The van der Waals surface area contributed by atoms with E-state index in [0.717, 1.165) is 0 Å². The normalized spacial score (nSPS) is 11.9. The highest BCUT2D eigenvalue weighted by Crippen LogP contribution is 2.11. The second kappa shape index (κ2) is 7.46. The number of methoxy groups -OCH3 is 1. The minimum atomic E-state index is -0.903. The Morgan fingerprint density at radius 2 is 2.17 bits per heavy atom. The third kappa shape index (κ3) is 4.56. The van der Waals surface area contributed by atoms with E-state index in [1.54, 1.807) is 6.07 Å². The first kappa shape index (κ1) is 14.2. The molecule has 7 nitrogen and oxygen atoms in total. The first-order valence-corrected chi connectivity index (χ1v) is 5.40. The summed E-state index contributed by atoms with van der Waals surface area (Å²) in [4.78, 5) is 22.6. The molecule has 1 heterocycles. The molecule has 100 valence electrons. The monoisotopic (exact) mass is 256 g/mol. The molecule has 1 rings (SSSR count). The molecule has 0 saturated carbocycles. The zero-order chi connectivity index (χ0) is 13.4. The predicted molar refractivity (Wildman–Crippen MR) is 61.6 cm³/mol.